The monoisotopic (exact) mass is 400 g/mol. The van der Waals surface area contributed by atoms with Crippen molar-refractivity contribution in [3.8, 4) is 5.88 Å². The van der Waals surface area contributed by atoms with Gasteiger partial charge in [-0.1, -0.05) is 11.6 Å². The van der Waals surface area contributed by atoms with Gasteiger partial charge < -0.3 is 15.2 Å². The van der Waals surface area contributed by atoms with Gasteiger partial charge >= 0.3 is 5.97 Å². The minimum Gasteiger partial charge on any atom is -0.481 e. The van der Waals surface area contributed by atoms with Crippen LogP contribution in [0.3, 0.4) is 0 Å². The predicted molar refractivity (Wildman–Crippen MR) is 97.1 cm³/mol. The highest BCUT2D eigenvalue weighted by Crippen LogP contribution is 2.33. The van der Waals surface area contributed by atoms with E-state index in [0.717, 1.165) is 23.1 Å². The zero-order chi connectivity index (χ0) is 18.4. The molecule has 2 heterocycles. The summed E-state index contributed by atoms with van der Waals surface area (Å²) in [5.74, 6) is -1.59. The van der Waals surface area contributed by atoms with Gasteiger partial charge in [0.05, 0.1) is 28.5 Å². The number of pyridine rings is 1. The van der Waals surface area contributed by atoms with Crippen molar-refractivity contribution in [3.63, 3.8) is 0 Å². The fourth-order valence-electron chi connectivity index (χ4n) is 1.81. The maximum Gasteiger partial charge on any atom is 0.313 e. The number of anilines is 1. The zero-order valence-electron chi connectivity index (χ0n) is 12.9. The van der Waals surface area contributed by atoms with Crippen LogP contribution >= 0.6 is 34.7 Å². The number of ether oxygens (including phenoxy) is 1. The molecule has 0 atom stereocenters. The molecule has 10 heteroatoms. The van der Waals surface area contributed by atoms with Crippen molar-refractivity contribution in [3.05, 3.63) is 39.9 Å². The van der Waals surface area contributed by atoms with Gasteiger partial charge in [0.15, 0.2) is 5.78 Å². The van der Waals surface area contributed by atoms with E-state index in [1.165, 1.54) is 19.4 Å². The number of thiophene rings is 1. The average molecular weight is 401 g/mol. The molecule has 1 amide bonds. The standard InChI is InChI=1S/C15H13ClN2O5S2/c1-23-12-3-2-8(5-17-12)14(22)9-4-10(16)25-15(9)18-11(19)6-24-7-13(20)21/h2-5H,6-7H2,1H3,(H,18,19)(H,20,21). The molecule has 0 unspecified atom stereocenters. The summed E-state index contributed by atoms with van der Waals surface area (Å²) in [7, 11) is 1.47. The fraction of sp³-hybridized carbons (Fsp3) is 0.200. The summed E-state index contributed by atoms with van der Waals surface area (Å²) in [5, 5.41) is 11.5. The Labute approximate surface area is 156 Å². The second kappa shape index (κ2) is 8.84. The largest absolute Gasteiger partial charge is 0.481 e. The topological polar surface area (TPSA) is 106 Å². The Kier molecular flexibility index (Phi) is 6.80. The van der Waals surface area contributed by atoms with Gasteiger partial charge in [-0.3, -0.25) is 14.4 Å². The van der Waals surface area contributed by atoms with Gasteiger partial charge in [0.1, 0.15) is 5.00 Å². The van der Waals surface area contributed by atoms with Crippen molar-refractivity contribution < 1.29 is 24.2 Å². The number of carbonyl (C=O) groups excluding carboxylic acids is 2. The molecule has 2 aromatic heterocycles. The number of rotatable bonds is 8. The van der Waals surface area contributed by atoms with E-state index in [4.69, 9.17) is 21.4 Å². The first-order valence-corrected chi connectivity index (χ1v) is 9.19. The number of halogens is 1. The van der Waals surface area contributed by atoms with Crippen LogP contribution in [-0.4, -0.2) is 46.4 Å². The van der Waals surface area contributed by atoms with Crippen LogP contribution in [0.5, 0.6) is 5.88 Å². The molecule has 0 aliphatic heterocycles. The second-order valence-electron chi connectivity index (χ2n) is 4.65. The molecule has 0 aliphatic rings. The Morgan fingerprint density at radius 1 is 1.36 bits per heavy atom. The van der Waals surface area contributed by atoms with Crippen molar-refractivity contribution in [2.24, 2.45) is 0 Å². The number of carbonyl (C=O) groups is 3. The first kappa shape index (κ1) is 19.2. The molecule has 2 rings (SSSR count). The zero-order valence-corrected chi connectivity index (χ0v) is 15.3. The molecule has 25 heavy (non-hydrogen) atoms. The van der Waals surface area contributed by atoms with E-state index in [-0.39, 0.29) is 22.9 Å². The number of amides is 1. The van der Waals surface area contributed by atoms with Crippen molar-refractivity contribution in [1.82, 2.24) is 4.98 Å². The van der Waals surface area contributed by atoms with Gasteiger partial charge in [0.2, 0.25) is 11.8 Å². The Balaban J connectivity index is 2.12. The summed E-state index contributed by atoms with van der Waals surface area (Å²) >= 11 is 7.99. The Bertz CT molecular complexity index is 792. The van der Waals surface area contributed by atoms with E-state index >= 15 is 0 Å². The Morgan fingerprint density at radius 3 is 2.72 bits per heavy atom. The molecule has 0 radical (unpaired) electrons. The number of nitrogens with zero attached hydrogens (tertiary/aromatic N) is 1. The Morgan fingerprint density at radius 2 is 2.12 bits per heavy atom. The summed E-state index contributed by atoms with van der Waals surface area (Å²) in [6.45, 7) is 0. The van der Waals surface area contributed by atoms with E-state index in [1.54, 1.807) is 12.1 Å². The first-order chi connectivity index (χ1) is 11.9. The lowest BCUT2D eigenvalue weighted by atomic mass is 10.1. The summed E-state index contributed by atoms with van der Waals surface area (Å²) in [5.41, 5.74) is 0.574. The number of hydrogen-bond acceptors (Lipinski definition) is 7. The van der Waals surface area contributed by atoms with Crippen LogP contribution in [0.25, 0.3) is 0 Å². The maximum atomic E-state index is 12.6. The molecule has 0 saturated heterocycles. The molecule has 0 fully saturated rings. The number of aliphatic carboxylic acids is 1. The summed E-state index contributed by atoms with van der Waals surface area (Å²) in [6.07, 6.45) is 1.38. The number of ketones is 1. The van der Waals surface area contributed by atoms with Gasteiger partial charge in [0.25, 0.3) is 0 Å². The van der Waals surface area contributed by atoms with E-state index in [9.17, 15) is 14.4 Å². The first-order valence-electron chi connectivity index (χ1n) is 6.84. The third-order valence-corrected chi connectivity index (χ3v) is 4.96. The number of carboxylic acids is 1. The molecule has 0 aliphatic carbocycles. The van der Waals surface area contributed by atoms with Gasteiger partial charge in [-0.15, -0.1) is 23.1 Å². The number of nitrogens with one attached hydrogen (secondary N) is 1. The van der Waals surface area contributed by atoms with Crippen molar-refractivity contribution >= 4 is 57.4 Å². The van der Waals surface area contributed by atoms with Crippen LogP contribution in [0.2, 0.25) is 4.34 Å². The maximum absolute atomic E-state index is 12.6. The van der Waals surface area contributed by atoms with Crippen LogP contribution in [0.4, 0.5) is 5.00 Å². The number of hydrogen-bond donors (Lipinski definition) is 2. The van der Waals surface area contributed by atoms with Crippen LogP contribution in [-0.2, 0) is 9.59 Å². The number of methoxy groups -OCH3 is 1. The molecule has 2 aromatic rings. The minimum atomic E-state index is -1.00. The number of thioether (sulfide) groups is 1. The van der Waals surface area contributed by atoms with E-state index < -0.39 is 11.9 Å². The van der Waals surface area contributed by atoms with E-state index in [2.05, 4.69) is 10.3 Å². The van der Waals surface area contributed by atoms with Gasteiger partial charge in [-0.25, -0.2) is 4.98 Å². The molecule has 132 valence electrons. The van der Waals surface area contributed by atoms with Gasteiger partial charge in [0, 0.05) is 17.8 Å². The van der Waals surface area contributed by atoms with E-state index in [0.29, 0.717) is 20.8 Å². The second-order valence-corrected chi connectivity index (χ2v) is 7.32. The molecular formula is C15H13ClN2O5S2. The Hall–Kier alpha value is -2.10. The molecule has 0 spiro atoms. The SMILES string of the molecule is COc1ccc(C(=O)c2cc(Cl)sc2NC(=O)CSCC(=O)O)cn1. The molecule has 2 N–H and O–H groups in total. The quantitative estimate of drug-likeness (QED) is 0.656. The van der Waals surface area contributed by atoms with Gasteiger partial charge in [-0.2, -0.15) is 0 Å². The summed E-state index contributed by atoms with van der Waals surface area (Å²) < 4.78 is 5.29. The lowest BCUT2D eigenvalue weighted by Crippen LogP contribution is -2.16. The van der Waals surface area contributed by atoms with Gasteiger partial charge in [-0.05, 0) is 12.1 Å². The third kappa shape index (κ3) is 5.45. The number of carboxylic acid groups (broad SMARTS) is 1. The lowest BCUT2D eigenvalue weighted by Gasteiger charge is -2.06. The van der Waals surface area contributed by atoms with Crippen LogP contribution in [0.1, 0.15) is 15.9 Å². The fourth-order valence-corrected chi connectivity index (χ4v) is 3.48. The van der Waals surface area contributed by atoms with Crippen LogP contribution in [0.15, 0.2) is 24.4 Å². The highest BCUT2D eigenvalue weighted by Gasteiger charge is 2.19. The molecule has 0 aromatic carbocycles. The van der Waals surface area contributed by atoms with Crippen molar-refractivity contribution in [1.29, 1.82) is 0 Å². The minimum absolute atomic E-state index is 0.0421. The lowest BCUT2D eigenvalue weighted by molar-refractivity contribution is -0.133. The smallest absolute Gasteiger partial charge is 0.313 e. The number of aromatic nitrogens is 1. The van der Waals surface area contributed by atoms with Crippen molar-refractivity contribution in [2.45, 2.75) is 0 Å². The third-order valence-electron chi connectivity index (χ3n) is 2.87. The van der Waals surface area contributed by atoms with Crippen LogP contribution < -0.4 is 10.1 Å². The van der Waals surface area contributed by atoms with Crippen molar-refractivity contribution in [2.75, 3.05) is 23.9 Å². The molecule has 0 saturated carbocycles. The highest BCUT2D eigenvalue weighted by atomic mass is 35.5. The van der Waals surface area contributed by atoms with E-state index in [1.807, 2.05) is 0 Å². The summed E-state index contributed by atoms with van der Waals surface area (Å²) in [6, 6.07) is 4.59. The van der Waals surface area contributed by atoms with Crippen LogP contribution in [0, 0.1) is 0 Å². The predicted octanol–water partition coefficient (Wildman–Crippen LogP) is 2.79. The molecule has 0 bridgehead atoms. The molecular weight excluding hydrogens is 388 g/mol. The normalized spacial score (nSPS) is 10.3. The highest BCUT2D eigenvalue weighted by molar-refractivity contribution is 8.00. The molecule has 7 nitrogen and oxygen atoms in total. The summed E-state index contributed by atoms with van der Waals surface area (Å²) in [4.78, 5) is 38.9. The average Bonchev–Trinajstić information content (AvgIpc) is 2.94.